The zero-order valence-corrected chi connectivity index (χ0v) is 12.2. The predicted octanol–water partition coefficient (Wildman–Crippen LogP) is 0.799. The molecule has 0 aliphatic carbocycles. The molecular weight excluding hydrogens is 268 g/mol. The van der Waals surface area contributed by atoms with E-state index in [0.717, 1.165) is 5.56 Å². The van der Waals surface area contributed by atoms with Crippen LogP contribution in [0.5, 0.6) is 0 Å². The Hall–Kier alpha value is -2.34. The largest absolute Gasteiger partial charge is 0.350 e. The molecule has 0 aliphatic heterocycles. The number of carbonyl (C=O) groups excluding carboxylic acids is 1. The van der Waals surface area contributed by atoms with E-state index in [0.29, 0.717) is 18.8 Å². The van der Waals surface area contributed by atoms with E-state index in [4.69, 9.17) is 5.73 Å². The first-order chi connectivity index (χ1) is 10.0. The van der Waals surface area contributed by atoms with Crippen molar-refractivity contribution in [3.8, 4) is 5.69 Å². The lowest BCUT2D eigenvalue weighted by Crippen LogP contribution is -2.31. The second-order valence-electron chi connectivity index (χ2n) is 5.23. The van der Waals surface area contributed by atoms with E-state index in [1.165, 1.54) is 10.7 Å². The minimum atomic E-state index is -0.307. The van der Waals surface area contributed by atoms with Crippen LogP contribution in [0.4, 0.5) is 0 Å². The Kier molecular flexibility index (Phi) is 4.59. The first kappa shape index (κ1) is 15.1. The van der Waals surface area contributed by atoms with Crippen LogP contribution in [0.25, 0.3) is 5.69 Å². The van der Waals surface area contributed by atoms with Gasteiger partial charge in [-0.25, -0.2) is 4.68 Å². The third kappa shape index (κ3) is 3.61. The number of carbonyl (C=O) groups is 1. The smallest absolute Gasteiger partial charge is 0.271 e. The maximum atomic E-state index is 12.0. The number of amides is 1. The fourth-order valence-corrected chi connectivity index (χ4v) is 1.84. The molecule has 0 saturated carbocycles. The summed E-state index contributed by atoms with van der Waals surface area (Å²) in [7, 11) is 0. The standard InChI is InChI=1S/C15H20N4O2/c1-10-3-5-12(6-4-10)19-14(20)7-13(18-19)15(21)17-9-11(2)8-16/h3-7,11,18H,8-9,16H2,1-2H3,(H,17,21). The first-order valence-corrected chi connectivity index (χ1v) is 6.88. The van der Waals surface area contributed by atoms with E-state index < -0.39 is 0 Å². The highest BCUT2D eigenvalue weighted by molar-refractivity contribution is 5.92. The van der Waals surface area contributed by atoms with Gasteiger partial charge in [-0.2, -0.15) is 0 Å². The Morgan fingerprint density at radius 1 is 1.38 bits per heavy atom. The molecule has 6 nitrogen and oxygen atoms in total. The highest BCUT2D eigenvalue weighted by Crippen LogP contribution is 2.06. The molecule has 21 heavy (non-hydrogen) atoms. The molecule has 1 amide bonds. The van der Waals surface area contributed by atoms with Gasteiger partial charge in [0.15, 0.2) is 0 Å². The maximum absolute atomic E-state index is 12.0. The summed E-state index contributed by atoms with van der Waals surface area (Å²) in [5.74, 6) is -0.113. The summed E-state index contributed by atoms with van der Waals surface area (Å²) >= 11 is 0. The molecule has 0 aliphatic rings. The number of aromatic nitrogens is 2. The summed E-state index contributed by atoms with van der Waals surface area (Å²) in [6.07, 6.45) is 0. The molecule has 2 rings (SSSR count). The van der Waals surface area contributed by atoms with Crippen LogP contribution in [0.3, 0.4) is 0 Å². The highest BCUT2D eigenvalue weighted by Gasteiger charge is 2.12. The summed E-state index contributed by atoms with van der Waals surface area (Å²) in [6.45, 7) is 4.90. The minimum absolute atomic E-state index is 0.194. The maximum Gasteiger partial charge on any atom is 0.271 e. The average molecular weight is 288 g/mol. The van der Waals surface area contributed by atoms with Crippen molar-refractivity contribution in [2.45, 2.75) is 13.8 Å². The van der Waals surface area contributed by atoms with Crippen LogP contribution in [0.2, 0.25) is 0 Å². The number of hydrogen-bond acceptors (Lipinski definition) is 3. The van der Waals surface area contributed by atoms with Gasteiger partial charge in [0.2, 0.25) is 0 Å². The van der Waals surface area contributed by atoms with Crippen molar-refractivity contribution in [1.29, 1.82) is 0 Å². The fourth-order valence-electron chi connectivity index (χ4n) is 1.84. The Labute approximate surface area is 122 Å². The number of aromatic amines is 1. The quantitative estimate of drug-likeness (QED) is 0.759. The second kappa shape index (κ2) is 6.41. The van der Waals surface area contributed by atoms with Crippen LogP contribution in [0, 0.1) is 12.8 Å². The van der Waals surface area contributed by atoms with Crippen molar-refractivity contribution < 1.29 is 4.79 Å². The van der Waals surface area contributed by atoms with Gasteiger partial charge in [0.25, 0.3) is 11.5 Å². The van der Waals surface area contributed by atoms with Gasteiger partial charge in [0.1, 0.15) is 5.69 Å². The highest BCUT2D eigenvalue weighted by atomic mass is 16.2. The van der Waals surface area contributed by atoms with Gasteiger partial charge >= 0.3 is 0 Å². The molecule has 0 saturated heterocycles. The van der Waals surface area contributed by atoms with E-state index in [2.05, 4.69) is 10.4 Å². The van der Waals surface area contributed by atoms with Gasteiger partial charge in [-0.15, -0.1) is 0 Å². The van der Waals surface area contributed by atoms with Crippen LogP contribution < -0.4 is 16.6 Å². The number of hydrogen-bond donors (Lipinski definition) is 3. The number of nitrogens with zero attached hydrogens (tertiary/aromatic N) is 1. The molecule has 1 heterocycles. The summed E-state index contributed by atoms with van der Waals surface area (Å²) < 4.78 is 1.35. The molecule has 0 spiro atoms. The van der Waals surface area contributed by atoms with Crippen molar-refractivity contribution in [2.24, 2.45) is 11.7 Å². The molecule has 112 valence electrons. The molecule has 4 N–H and O–H groups in total. The monoisotopic (exact) mass is 288 g/mol. The van der Waals surface area contributed by atoms with Gasteiger partial charge in [0.05, 0.1) is 5.69 Å². The van der Waals surface area contributed by atoms with E-state index >= 15 is 0 Å². The molecule has 0 radical (unpaired) electrons. The Balaban J connectivity index is 2.17. The van der Waals surface area contributed by atoms with Gasteiger partial charge in [0, 0.05) is 12.6 Å². The van der Waals surface area contributed by atoms with Crippen molar-refractivity contribution in [1.82, 2.24) is 15.1 Å². The third-order valence-corrected chi connectivity index (χ3v) is 3.27. The number of nitrogens with two attached hydrogens (primary N) is 1. The van der Waals surface area contributed by atoms with E-state index in [1.807, 2.05) is 38.1 Å². The molecular formula is C15H20N4O2. The molecule has 1 aromatic carbocycles. The van der Waals surface area contributed by atoms with Crippen LogP contribution in [0.15, 0.2) is 35.1 Å². The Bertz CT molecular complexity index is 670. The molecule has 6 heteroatoms. The SMILES string of the molecule is Cc1ccc(-n2[nH]c(C(=O)NCC(C)CN)cc2=O)cc1. The van der Waals surface area contributed by atoms with Crippen LogP contribution in [-0.4, -0.2) is 28.8 Å². The molecule has 2 aromatic rings. The van der Waals surface area contributed by atoms with E-state index in [1.54, 1.807) is 0 Å². The fraction of sp³-hybridized carbons (Fsp3) is 0.333. The lowest BCUT2D eigenvalue weighted by Gasteiger charge is -2.09. The Morgan fingerprint density at radius 2 is 2.05 bits per heavy atom. The van der Waals surface area contributed by atoms with Gasteiger partial charge in [-0.3, -0.25) is 14.7 Å². The van der Waals surface area contributed by atoms with Crippen molar-refractivity contribution >= 4 is 5.91 Å². The lowest BCUT2D eigenvalue weighted by atomic mass is 10.2. The van der Waals surface area contributed by atoms with E-state index in [-0.39, 0.29) is 23.1 Å². The number of nitrogens with one attached hydrogen (secondary N) is 2. The summed E-state index contributed by atoms with van der Waals surface area (Å²) in [5.41, 5.74) is 7.27. The summed E-state index contributed by atoms with van der Waals surface area (Å²) in [6, 6.07) is 8.76. The minimum Gasteiger partial charge on any atom is -0.350 e. The number of aryl methyl sites for hydroxylation is 1. The topological polar surface area (TPSA) is 92.9 Å². The van der Waals surface area contributed by atoms with E-state index in [9.17, 15) is 9.59 Å². The molecule has 1 unspecified atom stereocenters. The zero-order chi connectivity index (χ0) is 15.4. The molecule has 1 atom stereocenters. The van der Waals surface area contributed by atoms with Crippen LogP contribution in [-0.2, 0) is 0 Å². The summed E-state index contributed by atoms with van der Waals surface area (Å²) in [5, 5.41) is 5.57. The molecule has 0 bridgehead atoms. The van der Waals surface area contributed by atoms with Gasteiger partial charge in [-0.05, 0) is 31.5 Å². The predicted molar refractivity (Wildman–Crippen MR) is 81.7 cm³/mol. The third-order valence-electron chi connectivity index (χ3n) is 3.27. The number of benzene rings is 1. The average Bonchev–Trinajstić information content (AvgIpc) is 2.87. The van der Waals surface area contributed by atoms with Crippen molar-refractivity contribution in [3.63, 3.8) is 0 Å². The Morgan fingerprint density at radius 3 is 2.67 bits per heavy atom. The normalized spacial score (nSPS) is 12.1. The zero-order valence-electron chi connectivity index (χ0n) is 12.2. The van der Waals surface area contributed by atoms with Crippen LogP contribution >= 0.6 is 0 Å². The van der Waals surface area contributed by atoms with Crippen molar-refractivity contribution in [2.75, 3.05) is 13.1 Å². The molecule has 0 fully saturated rings. The first-order valence-electron chi connectivity index (χ1n) is 6.88. The van der Waals surface area contributed by atoms with Gasteiger partial charge in [-0.1, -0.05) is 24.6 Å². The second-order valence-corrected chi connectivity index (χ2v) is 5.23. The number of rotatable bonds is 5. The van der Waals surface area contributed by atoms with Crippen molar-refractivity contribution in [3.05, 3.63) is 51.9 Å². The van der Waals surface area contributed by atoms with Gasteiger partial charge < -0.3 is 11.1 Å². The summed E-state index contributed by atoms with van der Waals surface area (Å²) in [4.78, 5) is 23.9. The number of H-pyrrole nitrogens is 1. The molecule has 1 aromatic heterocycles. The van der Waals surface area contributed by atoms with Crippen LogP contribution in [0.1, 0.15) is 23.0 Å². The lowest BCUT2D eigenvalue weighted by molar-refractivity contribution is 0.0943.